The minimum absolute atomic E-state index is 0.0806. The average Bonchev–Trinajstić information content (AvgIpc) is 2.69. The lowest BCUT2D eigenvalue weighted by Gasteiger charge is -2.16. The molecule has 1 aromatic carbocycles. The van der Waals surface area contributed by atoms with Gasteiger partial charge in [-0.15, -0.1) is 0 Å². The first kappa shape index (κ1) is 13.1. The van der Waals surface area contributed by atoms with Crippen LogP contribution >= 0.6 is 0 Å². The lowest BCUT2D eigenvalue weighted by Crippen LogP contribution is -2.29. The van der Waals surface area contributed by atoms with Gasteiger partial charge < -0.3 is 11.1 Å². The summed E-state index contributed by atoms with van der Waals surface area (Å²) in [7, 11) is 1.70. The molecular formula is C14H18N4O. The summed E-state index contributed by atoms with van der Waals surface area (Å²) < 4.78 is 1.48. The van der Waals surface area contributed by atoms with Crippen molar-refractivity contribution in [2.45, 2.75) is 19.9 Å². The molecule has 0 aliphatic carbocycles. The number of aryl methyl sites for hydroxylation is 2. The van der Waals surface area contributed by atoms with Gasteiger partial charge in [0.05, 0.1) is 17.9 Å². The monoisotopic (exact) mass is 258 g/mol. The highest BCUT2D eigenvalue weighted by atomic mass is 16.2. The number of nitrogens with one attached hydrogen (secondary N) is 1. The van der Waals surface area contributed by atoms with E-state index in [2.05, 4.69) is 10.4 Å². The van der Waals surface area contributed by atoms with Crippen molar-refractivity contribution in [2.24, 2.45) is 7.05 Å². The van der Waals surface area contributed by atoms with E-state index in [9.17, 15) is 4.79 Å². The molecule has 1 amide bonds. The standard InChI is InChI=1S/C14H18N4O/c1-9-6-4-5-7-11(9)10(2)17-14(19)13-12(15)8-16-18(13)3/h4-8,10H,15H2,1-3H3,(H,17,19). The number of nitrogens with zero attached hydrogens (tertiary/aromatic N) is 2. The van der Waals surface area contributed by atoms with E-state index in [-0.39, 0.29) is 11.9 Å². The van der Waals surface area contributed by atoms with Crippen LogP contribution in [-0.4, -0.2) is 15.7 Å². The van der Waals surface area contributed by atoms with Gasteiger partial charge in [0.2, 0.25) is 0 Å². The van der Waals surface area contributed by atoms with Crippen LogP contribution in [0.4, 0.5) is 5.69 Å². The maximum absolute atomic E-state index is 12.2. The molecule has 1 unspecified atom stereocenters. The minimum Gasteiger partial charge on any atom is -0.396 e. The Kier molecular flexibility index (Phi) is 3.55. The Morgan fingerprint density at radius 3 is 2.68 bits per heavy atom. The van der Waals surface area contributed by atoms with E-state index < -0.39 is 0 Å². The molecule has 0 spiro atoms. The Hall–Kier alpha value is -2.30. The second kappa shape index (κ2) is 5.14. The van der Waals surface area contributed by atoms with Crippen LogP contribution in [0.5, 0.6) is 0 Å². The second-order valence-electron chi connectivity index (χ2n) is 4.62. The molecule has 0 bridgehead atoms. The molecule has 0 aliphatic heterocycles. The smallest absolute Gasteiger partial charge is 0.272 e. The summed E-state index contributed by atoms with van der Waals surface area (Å²) in [6.07, 6.45) is 1.48. The number of rotatable bonds is 3. The first-order valence-electron chi connectivity index (χ1n) is 6.14. The zero-order chi connectivity index (χ0) is 14.0. The van der Waals surface area contributed by atoms with E-state index in [1.165, 1.54) is 10.9 Å². The van der Waals surface area contributed by atoms with Gasteiger partial charge in [0, 0.05) is 7.05 Å². The zero-order valence-electron chi connectivity index (χ0n) is 11.3. The van der Waals surface area contributed by atoms with Gasteiger partial charge in [0.15, 0.2) is 0 Å². The number of hydrogen-bond donors (Lipinski definition) is 2. The van der Waals surface area contributed by atoms with E-state index in [0.29, 0.717) is 11.4 Å². The summed E-state index contributed by atoms with van der Waals surface area (Å²) in [6.45, 7) is 3.98. The fourth-order valence-corrected chi connectivity index (χ4v) is 2.15. The molecule has 1 atom stereocenters. The van der Waals surface area contributed by atoms with Crippen LogP contribution in [0.25, 0.3) is 0 Å². The number of benzene rings is 1. The molecule has 0 saturated carbocycles. The predicted molar refractivity (Wildman–Crippen MR) is 74.7 cm³/mol. The van der Waals surface area contributed by atoms with Gasteiger partial charge in [0.1, 0.15) is 5.69 Å². The van der Waals surface area contributed by atoms with Crippen molar-refractivity contribution in [2.75, 3.05) is 5.73 Å². The Morgan fingerprint density at radius 2 is 2.11 bits per heavy atom. The minimum atomic E-state index is -0.215. The summed E-state index contributed by atoms with van der Waals surface area (Å²) in [4.78, 5) is 12.2. The van der Waals surface area contributed by atoms with Gasteiger partial charge in [-0.25, -0.2) is 0 Å². The van der Waals surface area contributed by atoms with E-state index in [4.69, 9.17) is 5.73 Å². The molecule has 0 saturated heterocycles. The number of hydrogen-bond acceptors (Lipinski definition) is 3. The highest BCUT2D eigenvalue weighted by molar-refractivity contribution is 5.97. The van der Waals surface area contributed by atoms with Gasteiger partial charge >= 0.3 is 0 Å². The molecule has 1 heterocycles. The van der Waals surface area contributed by atoms with Crippen LogP contribution in [-0.2, 0) is 7.05 Å². The Labute approximate surface area is 112 Å². The molecule has 0 radical (unpaired) electrons. The Morgan fingerprint density at radius 1 is 1.42 bits per heavy atom. The van der Waals surface area contributed by atoms with Gasteiger partial charge in [-0.05, 0) is 25.0 Å². The molecule has 5 nitrogen and oxygen atoms in total. The van der Waals surface area contributed by atoms with Crippen LogP contribution in [0.1, 0.15) is 34.6 Å². The third-order valence-corrected chi connectivity index (χ3v) is 3.18. The van der Waals surface area contributed by atoms with Gasteiger partial charge in [0.25, 0.3) is 5.91 Å². The molecule has 3 N–H and O–H groups in total. The van der Waals surface area contributed by atoms with Crippen molar-refractivity contribution in [3.8, 4) is 0 Å². The molecular weight excluding hydrogens is 240 g/mol. The molecule has 100 valence electrons. The second-order valence-corrected chi connectivity index (χ2v) is 4.62. The molecule has 2 aromatic rings. The lowest BCUT2D eigenvalue weighted by molar-refractivity contribution is 0.0931. The normalized spacial score (nSPS) is 12.2. The average molecular weight is 258 g/mol. The van der Waals surface area contributed by atoms with Crippen LogP contribution in [0.3, 0.4) is 0 Å². The maximum atomic E-state index is 12.2. The highest BCUT2D eigenvalue weighted by Crippen LogP contribution is 2.18. The molecule has 19 heavy (non-hydrogen) atoms. The Balaban J connectivity index is 2.18. The van der Waals surface area contributed by atoms with Crippen molar-refractivity contribution >= 4 is 11.6 Å². The third-order valence-electron chi connectivity index (χ3n) is 3.18. The quantitative estimate of drug-likeness (QED) is 0.881. The SMILES string of the molecule is Cc1ccccc1C(C)NC(=O)c1c(N)cnn1C. The van der Waals surface area contributed by atoms with Gasteiger partial charge in [-0.1, -0.05) is 24.3 Å². The van der Waals surface area contributed by atoms with E-state index in [1.54, 1.807) is 7.05 Å². The summed E-state index contributed by atoms with van der Waals surface area (Å²) in [5.74, 6) is -0.215. The fourth-order valence-electron chi connectivity index (χ4n) is 2.15. The molecule has 1 aromatic heterocycles. The van der Waals surface area contributed by atoms with Crippen molar-refractivity contribution in [1.82, 2.24) is 15.1 Å². The number of anilines is 1. The van der Waals surface area contributed by atoms with Crippen LogP contribution < -0.4 is 11.1 Å². The zero-order valence-corrected chi connectivity index (χ0v) is 11.3. The maximum Gasteiger partial charge on any atom is 0.272 e. The van der Waals surface area contributed by atoms with Gasteiger partial charge in [-0.2, -0.15) is 5.10 Å². The molecule has 0 fully saturated rings. The van der Waals surface area contributed by atoms with E-state index in [0.717, 1.165) is 11.1 Å². The first-order valence-corrected chi connectivity index (χ1v) is 6.14. The molecule has 0 aliphatic rings. The highest BCUT2D eigenvalue weighted by Gasteiger charge is 2.18. The lowest BCUT2D eigenvalue weighted by atomic mass is 10.0. The van der Waals surface area contributed by atoms with Crippen molar-refractivity contribution in [3.63, 3.8) is 0 Å². The van der Waals surface area contributed by atoms with E-state index >= 15 is 0 Å². The topological polar surface area (TPSA) is 72.9 Å². The Bertz CT molecular complexity index is 584. The summed E-state index contributed by atoms with van der Waals surface area (Å²) in [6, 6.07) is 7.89. The van der Waals surface area contributed by atoms with Crippen molar-refractivity contribution in [1.29, 1.82) is 0 Å². The first-order chi connectivity index (χ1) is 9.00. The summed E-state index contributed by atoms with van der Waals surface area (Å²) in [5.41, 5.74) is 8.76. The van der Waals surface area contributed by atoms with Crippen molar-refractivity contribution in [3.05, 3.63) is 47.3 Å². The number of carbonyl (C=O) groups excluding carboxylic acids is 1. The summed E-state index contributed by atoms with van der Waals surface area (Å²) in [5, 5.41) is 6.91. The molecule has 2 rings (SSSR count). The van der Waals surface area contributed by atoms with Crippen molar-refractivity contribution < 1.29 is 4.79 Å². The number of amides is 1. The van der Waals surface area contributed by atoms with Crippen LogP contribution in [0.15, 0.2) is 30.5 Å². The number of carbonyl (C=O) groups is 1. The number of nitrogen functional groups attached to an aromatic ring is 1. The van der Waals surface area contributed by atoms with Gasteiger partial charge in [-0.3, -0.25) is 9.48 Å². The third kappa shape index (κ3) is 2.59. The number of nitrogens with two attached hydrogens (primary N) is 1. The predicted octanol–water partition coefficient (Wildman–Crippen LogP) is 1.80. The summed E-state index contributed by atoms with van der Waals surface area (Å²) >= 11 is 0. The number of aromatic nitrogens is 2. The van der Waals surface area contributed by atoms with E-state index in [1.807, 2.05) is 38.1 Å². The molecule has 5 heteroatoms. The largest absolute Gasteiger partial charge is 0.396 e. The van der Waals surface area contributed by atoms with Crippen LogP contribution in [0.2, 0.25) is 0 Å². The van der Waals surface area contributed by atoms with Crippen LogP contribution in [0, 0.1) is 6.92 Å². The fraction of sp³-hybridized carbons (Fsp3) is 0.286.